The van der Waals surface area contributed by atoms with Crippen molar-refractivity contribution in [3.05, 3.63) is 23.8 Å². The van der Waals surface area contributed by atoms with E-state index in [2.05, 4.69) is 0 Å². The van der Waals surface area contributed by atoms with E-state index in [4.69, 9.17) is 5.11 Å². The Kier molecular flexibility index (Phi) is 1.49. The number of ketones is 1. The summed E-state index contributed by atoms with van der Waals surface area (Å²) in [7, 11) is 0. The van der Waals surface area contributed by atoms with Crippen molar-refractivity contribution in [2.45, 2.75) is 13.0 Å². The lowest BCUT2D eigenvalue weighted by Gasteiger charge is -2.05. The van der Waals surface area contributed by atoms with Crippen molar-refractivity contribution in [3.8, 4) is 0 Å². The van der Waals surface area contributed by atoms with Crippen molar-refractivity contribution >= 4 is 5.78 Å². The molecule has 2 heteroatoms. The molecule has 0 spiro atoms. The van der Waals surface area contributed by atoms with Crippen LogP contribution in [0.2, 0.25) is 0 Å². The van der Waals surface area contributed by atoms with Crippen LogP contribution < -0.4 is 0 Å². The van der Waals surface area contributed by atoms with E-state index in [1.165, 1.54) is 12.2 Å². The molecule has 1 rings (SSSR count). The van der Waals surface area contributed by atoms with Crippen LogP contribution in [0.4, 0.5) is 0 Å². The summed E-state index contributed by atoms with van der Waals surface area (Å²) in [5.41, 5.74) is 0.894. The van der Waals surface area contributed by atoms with Crippen LogP contribution in [0.5, 0.6) is 0 Å². The predicted octanol–water partition coefficient (Wildman–Crippen LogP) is 0.433. The van der Waals surface area contributed by atoms with E-state index in [0.29, 0.717) is 0 Å². The lowest BCUT2D eigenvalue weighted by atomic mass is 10.1. The van der Waals surface area contributed by atoms with Gasteiger partial charge in [0.05, 0.1) is 0 Å². The quantitative estimate of drug-likeness (QED) is 0.508. The Morgan fingerprint density at radius 3 is 2.78 bits per heavy atom. The summed E-state index contributed by atoms with van der Waals surface area (Å²) in [5, 5.41) is 8.81. The largest absolute Gasteiger partial charge is 0.381 e. The van der Waals surface area contributed by atoms with Gasteiger partial charge in [0.2, 0.25) is 0 Å². The first-order valence-electron chi connectivity index (χ1n) is 2.78. The van der Waals surface area contributed by atoms with Crippen molar-refractivity contribution in [1.29, 1.82) is 0 Å². The number of aliphatic hydroxyl groups is 1. The number of allylic oxidation sites excluding steroid dienone is 2. The molecule has 48 valence electrons. The summed E-state index contributed by atoms with van der Waals surface area (Å²) >= 11 is 0. The number of rotatable bonds is 0. The zero-order chi connectivity index (χ0) is 6.85. The highest BCUT2D eigenvalue weighted by molar-refractivity contribution is 5.96. The molecule has 0 radical (unpaired) electrons. The van der Waals surface area contributed by atoms with Crippen LogP contribution in [0.1, 0.15) is 6.92 Å². The van der Waals surface area contributed by atoms with Gasteiger partial charge in [0.1, 0.15) is 6.10 Å². The van der Waals surface area contributed by atoms with Crippen molar-refractivity contribution in [2.24, 2.45) is 0 Å². The second-order valence-corrected chi connectivity index (χ2v) is 2.09. The first-order chi connectivity index (χ1) is 4.20. The monoisotopic (exact) mass is 124 g/mol. The van der Waals surface area contributed by atoms with E-state index < -0.39 is 6.10 Å². The second kappa shape index (κ2) is 2.15. The Hall–Kier alpha value is -0.890. The van der Waals surface area contributed by atoms with Gasteiger partial charge in [0, 0.05) is 0 Å². The van der Waals surface area contributed by atoms with Crippen LogP contribution in [0.15, 0.2) is 23.8 Å². The van der Waals surface area contributed by atoms with E-state index in [9.17, 15) is 4.79 Å². The minimum atomic E-state index is -0.909. The number of hydrogen-bond donors (Lipinski definition) is 1. The normalized spacial score (nSPS) is 26.2. The van der Waals surface area contributed by atoms with Gasteiger partial charge in [-0.15, -0.1) is 0 Å². The van der Waals surface area contributed by atoms with E-state index in [1.807, 2.05) is 6.92 Å². The standard InChI is InChI=1S/C7H8O2/c1-5-2-3-6(8)7(9)4-5/h2-4,6,8H,1H3. The summed E-state index contributed by atoms with van der Waals surface area (Å²) in [6.45, 7) is 1.82. The van der Waals surface area contributed by atoms with Crippen LogP contribution >= 0.6 is 0 Å². The topological polar surface area (TPSA) is 37.3 Å². The van der Waals surface area contributed by atoms with Gasteiger partial charge in [-0.05, 0) is 24.6 Å². The molecule has 0 amide bonds. The molecule has 2 nitrogen and oxygen atoms in total. The Morgan fingerprint density at radius 2 is 2.33 bits per heavy atom. The lowest BCUT2D eigenvalue weighted by molar-refractivity contribution is -0.120. The zero-order valence-corrected chi connectivity index (χ0v) is 5.16. The third-order valence-corrected chi connectivity index (χ3v) is 1.20. The minimum Gasteiger partial charge on any atom is -0.381 e. The van der Waals surface area contributed by atoms with Gasteiger partial charge in [0.15, 0.2) is 5.78 Å². The van der Waals surface area contributed by atoms with E-state index in [0.717, 1.165) is 5.57 Å². The van der Waals surface area contributed by atoms with Crippen LogP contribution in [-0.4, -0.2) is 17.0 Å². The molecule has 1 N–H and O–H groups in total. The van der Waals surface area contributed by atoms with Crippen LogP contribution in [0.3, 0.4) is 0 Å². The highest BCUT2D eigenvalue weighted by Gasteiger charge is 2.11. The molecule has 0 fully saturated rings. The molecule has 0 bridgehead atoms. The molecular formula is C7H8O2. The maximum Gasteiger partial charge on any atom is 0.188 e. The van der Waals surface area contributed by atoms with Gasteiger partial charge in [-0.1, -0.05) is 6.08 Å². The molecular weight excluding hydrogens is 116 g/mol. The molecule has 0 aromatic carbocycles. The fourth-order valence-electron chi connectivity index (χ4n) is 0.696. The van der Waals surface area contributed by atoms with Crippen LogP contribution in [0, 0.1) is 0 Å². The van der Waals surface area contributed by atoms with Gasteiger partial charge in [-0.25, -0.2) is 0 Å². The molecule has 0 aliphatic heterocycles. The molecule has 1 aliphatic rings. The fourth-order valence-corrected chi connectivity index (χ4v) is 0.696. The molecule has 0 saturated carbocycles. The average Bonchev–Trinajstić information content (AvgIpc) is 1.80. The predicted molar refractivity (Wildman–Crippen MR) is 33.9 cm³/mol. The second-order valence-electron chi connectivity index (χ2n) is 2.09. The Balaban J connectivity index is 2.82. The fraction of sp³-hybridized carbons (Fsp3) is 0.286. The molecule has 0 aromatic rings. The van der Waals surface area contributed by atoms with Crippen molar-refractivity contribution in [3.63, 3.8) is 0 Å². The molecule has 1 atom stereocenters. The maximum atomic E-state index is 10.6. The van der Waals surface area contributed by atoms with Crippen molar-refractivity contribution in [2.75, 3.05) is 0 Å². The van der Waals surface area contributed by atoms with Crippen LogP contribution in [0.25, 0.3) is 0 Å². The molecule has 0 saturated heterocycles. The summed E-state index contributed by atoms with van der Waals surface area (Å²) in [6, 6.07) is 0. The van der Waals surface area contributed by atoms with E-state index in [-0.39, 0.29) is 5.78 Å². The number of aliphatic hydroxyl groups excluding tert-OH is 1. The molecule has 0 aromatic heterocycles. The number of carbonyl (C=O) groups is 1. The lowest BCUT2D eigenvalue weighted by Crippen LogP contribution is -2.17. The Bertz CT molecular complexity index is 189. The summed E-state index contributed by atoms with van der Waals surface area (Å²) in [4.78, 5) is 10.6. The highest BCUT2D eigenvalue weighted by atomic mass is 16.3. The SMILES string of the molecule is CC1=CC(=O)C(O)C=C1. The van der Waals surface area contributed by atoms with Gasteiger partial charge >= 0.3 is 0 Å². The summed E-state index contributed by atoms with van der Waals surface area (Å²) in [5.74, 6) is -0.227. The average molecular weight is 124 g/mol. The van der Waals surface area contributed by atoms with E-state index in [1.54, 1.807) is 6.08 Å². The summed E-state index contributed by atoms with van der Waals surface area (Å²) in [6.07, 6.45) is 3.74. The summed E-state index contributed by atoms with van der Waals surface area (Å²) < 4.78 is 0. The van der Waals surface area contributed by atoms with E-state index >= 15 is 0 Å². The zero-order valence-electron chi connectivity index (χ0n) is 5.16. The Morgan fingerprint density at radius 1 is 1.67 bits per heavy atom. The third-order valence-electron chi connectivity index (χ3n) is 1.20. The first kappa shape index (κ1) is 6.23. The third kappa shape index (κ3) is 1.27. The molecule has 1 unspecified atom stereocenters. The smallest absolute Gasteiger partial charge is 0.188 e. The Labute approximate surface area is 53.5 Å². The van der Waals surface area contributed by atoms with Gasteiger partial charge in [-0.2, -0.15) is 0 Å². The maximum absolute atomic E-state index is 10.6. The van der Waals surface area contributed by atoms with Gasteiger partial charge < -0.3 is 5.11 Å². The highest BCUT2D eigenvalue weighted by Crippen LogP contribution is 2.05. The van der Waals surface area contributed by atoms with Crippen molar-refractivity contribution < 1.29 is 9.90 Å². The molecule has 0 heterocycles. The van der Waals surface area contributed by atoms with Gasteiger partial charge in [0.25, 0.3) is 0 Å². The van der Waals surface area contributed by atoms with Crippen molar-refractivity contribution in [1.82, 2.24) is 0 Å². The minimum absolute atomic E-state index is 0.227. The number of carbonyl (C=O) groups excluding carboxylic acids is 1. The number of hydrogen-bond acceptors (Lipinski definition) is 2. The van der Waals surface area contributed by atoms with Gasteiger partial charge in [-0.3, -0.25) is 4.79 Å². The molecule has 1 aliphatic carbocycles. The van der Waals surface area contributed by atoms with Crippen LogP contribution in [-0.2, 0) is 4.79 Å². The molecule has 9 heavy (non-hydrogen) atoms. The first-order valence-corrected chi connectivity index (χ1v) is 2.78.